The van der Waals surface area contributed by atoms with Crippen molar-refractivity contribution in [2.45, 2.75) is 30.8 Å². The average molecular weight is 203 g/mol. The smallest absolute Gasteiger partial charge is 0.0332 e. The van der Waals surface area contributed by atoms with E-state index in [1.165, 1.54) is 0 Å². The van der Waals surface area contributed by atoms with Crippen LogP contribution in [0.4, 0.5) is 0 Å². The van der Waals surface area contributed by atoms with E-state index in [4.69, 9.17) is 22.9 Å². The van der Waals surface area contributed by atoms with Crippen molar-refractivity contribution >= 4 is 0 Å². The first-order valence-corrected chi connectivity index (χ1v) is 5.20. The van der Waals surface area contributed by atoms with Crippen molar-refractivity contribution in [2.75, 3.05) is 26.7 Å². The van der Waals surface area contributed by atoms with Crippen molar-refractivity contribution < 1.29 is 0 Å². The molecule has 0 aromatic carbocycles. The summed E-state index contributed by atoms with van der Waals surface area (Å²) in [6, 6.07) is -0.0654. The van der Waals surface area contributed by atoms with Gasteiger partial charge in [-0.3, -0.25) is 0 Å². The number of nitrogens with one attached hydrogen (secondary N) is 1. The highest BCUT2D eigenvalue weighted by molar-refractivity contribution is 4.94. The van der Waals surface area contributed by atoms with Crippen molar-refractivity contribution in [2.24, 2.45) is 22.9 Å². The van der Waals surface area contributed by atoms with E-state index in [1.807, 2.05) is 7.05 Å². The fourth-order valence-electron chi connectivity index (χ4n) is 1.59. The van der Waals surface area contributed by atoms with Gasteiger partial charge in [0.1, 0.15) is 0 Å². The zero-order chi connectivity index (χ0) is 11.0. The molecule has 0 heterocycles. The lowest BCUT2D eigenvalue weighted by atomic mass is 9.83. The fourth-order valence-corrected chi connectivity index (χ4v) is 1.59. The third kappa shape index (κ3) is 4.34. The van der Waals surface area contributed by atoms with E-state index < -0.39 is 0 Å². The molecule has 5 nitrogen and oxygen atoms in total. The molecule has 0 aliphatic carbocycles. The summed E-state index contributed by atoms with van der Waals surface area (Å²) in [4.78, 5) is 0. The predicted molar refractivity (Wildman–Crippen MR) is 60.8 cm³/mol. The van der Waals surface area contributed by atoms with Gasteiger partial charge in [0.15, 0.2) is 0 Å². The second kappa shape index (κ2) is 7.14. The molecule has 0 aromatic heterocycles. The van der Waals surface area contributed by atoms with E-state index in [2.05, 4.69) is 5.32 Å². The number of hydrogen-bond donors (Lipinski definition) is 5. The monoisotopic (exact) mass is 203 g/mol. The lowest BCUT2D eigenvalue weighted by Crippen LogP contribution is -2.58. The molecule has 5 heteroatoms. The third-order valence-electron chi connectivity index (χ3n) is 2.67. The molecule has 9 N–H and O–H groups in total. The Bertz CT molecular complexity index is 141. The summed E-state index contributed by atoms with van der Waals surface area (Å²) in [6.45, 7) is 2.00. The predicted octanol–water partition coefficient (Wildman–Crippen LogP) is -1.68. The quantitative estimate of drug-likeness (QED) is 0.323. The van der Waals surface area contributed by atoms with Crippen LogP contribution in [0.3, 0.4) is 0 Å². The Morgan fingerprint density at radius 1 is 1.21 bits per heavy atom. The Labute approximate surface area is 86.6 Å². The first-order valence-electron chi connectivity index (χ1n) is 5.20. The van der Waals surface area contributed by atoms with Gasteiger partial charge in [0.2, 0.25) is 0 Å². The summed E-state index contributed by atoms with van der Waals surface area (Å²) in [5.74, 6) is 0. The second-order valence-corrected chi connectivity index (χ2v) is 3.81. The van der Waals surface area contributed by atoms with Crippen molar-refractivity contribution in [3.8, 4) is 0 Å². The van der Waals surface area contributed by atoms with Gasteiger partial charge in [0, 0.05) is 11.6 Å². The maximum Gasteiger partial charge on any atom is 0.0332 e. The highest BCUT2D eigenvalue weighted by Crippen LogP contribution is 2.16. The Morgan fingerprint density at radius 2 is 1.86 bits per heavy atom. The minimum absolute atomic E-state index is 0.0654. The number of rotatable bonds is 8. The lowest BCUT2D eigenvalue weighted by Gasteiger charge is -2.35. The van der Waals surface area contributed by atoms with Crippen LogP contribution in [0, 0.1) is 0 Å². The molecule has 0 radical (unpaired) electrons. The largest absolute Gasteiger partial charge is 0.330 e. The molecule has 0 saturated heterocycles. The minimum Gasteiger partial charge on any atom is -0.330 e. The molecule has 0 aliphatic rings. The standard InChI is InChI=1S/C9H25N5/c1-14-7-4-9(13,3-6-11)8(12)2-5-10/h8,14H,2-7,10-13H2,1H3. The van der Waals surface area contributed by atoms with Crippen LogP contribution >= 0.6 is 0 Å². The lowest BCUT2D eigenvalue weighted by molar-refractivity contribution is 0.291. The molecular weight excluding hydrogens is 178 g/mol. The molecule has 86 valence electrons. The van der Waals surface area contributed by atoms with Crippen LogP contribution in [0.15, 0.2) is 0 Å². The summed E-state index contributed by atoms with van der Waals surface area (Å²) in [6.07, 6.45) is 2.33. The highest BCUT2D eigenvalue weighted by Gasteiger charge is 2.30. The van der Waals surface area contributed by atoms with Crippen molar-refractivity contribution in [1.82, 2.24) is 5.32 Å². The zero-order valence-electron chi connectivity index (χ0n) is 9.13. The number of nitrogens with two attached hydrogens (primary N) is 4. The zero-order valence-corrected chi connectivity index (χ0v) is 9.13. The highest BCUT2D eigenvalue weighted by atomic mass is 14.9. The molecule has 0 aliphatic heterocycles. The van der Waals surface area contributed by atoms with Gasteiger partial charge in [0.05, 0.1) is 0 Å². The first kappa shape index (κ1) is 13.8. The van der Waals surface area contributed by atoms with Crippen LogP contribution in [0.5, 0.6) is 0 Å². The molecule has 0 rings (SSSR count). The van der Waals surface area contributed by atoms with Gasteiger partial charge in [-0.1, -0.05) is 0 Å². The Morgan fingerprint density at radius 3 is 2.29 bits per heavy atom. The Kier molecular flexibility index (Phi) is 7.04. The molecule has 14 heavy (non-hydrogen) atoms. The van der Waals surface area contributed by atoms with Gasteiger partial charge in [-0.2, -0.15) is 0 Å². The molecule has 0 amide bonds. The third-order valence-corrected chi connectivity index (χ3v) is 2.67. The van der Waals surface area contributed by atoms with Crippen LogP contribution in [-0.2, 0) is 0 Å². The summed E-state index contributed by atoms with van der Waals surface area (Å²) < 4.78 is 0. The van der Waals surface area contributed by atoms with E-state index in [1.54, 1.807) is 0 Å². The van der Waals surface area contributed by atoms with E-state index >= 15 is 0 Å². The van der Waals surface area contributed by atoms with Crippen LogP contribution < -0.4 is 28.3 Å². The molecule has 2 unspecified atom stereocenters. The maximum atomic E-state index is 6.22. The average Bonchev–Trinajstić information content (AvgIpc) is 2.15. The van der Waals surface area contributed by atoms with Crippen LogP contribution in [0.2, 0.25) is 0 Å². The van der Waals surface area contributed by atoms with E-state index in [-0.39, 0.29) is 11.6 Å². The van der Waals surface area contributed by atoms with Crippen LogP contribution in [0.1, 0.15) is 19.3 Å². The molecular formula is C9H25N5. The van der Waals surface area contributed by atoms with Crippen LogP contribution in [0.25, 0.3) is 0 Å². The second-order valence-electron chi connectivity index (χ2n) is 3.81. The molecule has 0 saturated carbocycles. The van der Waals surface area contributed by atoms with Crippen molar-refractivity contribution in [3.63, 3.8) is 0 Å². The molecule has 2 atom stereocenters. The summed E-state index contributed by atoms with van der Waals surface area (Å²) in [5.41, 5.74) is 22.8. The topological polar surface area (TPSA) is 116 Å². The van der Waals surface area contributed by atoms with Gasteiger partial charge >= 0.3 is 0 Å². The first-order chi connectivity index (χ1) is 6.60. The summed E-state index contributed by atoms with van der Waals surface area (Å²) in [7, 11) is 1.90. The van der Waals surface area contributed by atoms with Crippen molar-refractivity contribution in [1.29, 1.82) is 0 Å². The van der Waals surface area contributed by atoms with E-state index in [0.29, 0.717) is 13.1 Å². The minimum atomic E-state index is -0.378. The van der Waals surface area contributed by atoms with Gasteiger partial charge in [-0.25, -0.2) is 0 Å². The molecule has 0 spiro atoms. The maximum absolute atomic E-state index is 6.22. The SMILES string of the molecule is CNCCC(N)(CCN)C(N)CCN. The van der Waals surface area contributed by atoms with Gasteiger partial charge < -0.3 is 28.3 Å². The Balaban J connectivity index is 4.19. The Hall–Kier alpha value is -0.200. The number of hydrogen-bond acceptors (Lipinski definition) is 5. The van der Waals surface area contributed by atoms with Crippen molar-refractivity contribution in [3.05, 3.63) is 0 Å². The van der Waals surface area contributed by atoms with Gasteiger partial charge in [0.25, 0.3) is 0 Å². The fraction of sp³-hybridized carbons (Fsp3) is 1.00. The molecule has 0 bridgehead atoms. The van der Waals surface area contributed by atoms with Gasteiger partial charge in [-0.05, 0) is 45.9 Å². The molecule has 0 aromatic rings. The summed E-state index contributed by atoms with van der Waals surface area (Å²) in [5, 5.41) is 3.07. The molecule has 0 fully saturated rings. The van der Waals surface area contributed by atoms with E-state index in [9.17, 15) is 0 Å². The van der Waals surface area contributed by atoms with Crippen LogP contribution in [-0.4, -0.2) is 38.3 Å². The van der Waals surface area contributed by atoms with E-state index in [0.717, 1.165) is 25.8 Å². The van der Waals surface area contributed by atoms with Gasteiger partial charge in [-0.15, -0.1) is 0 Å². The normalized spacial score (nSPS) is 17.8. The summed E-state index contributed by atoms with van der Waals surface area (Å²) >= 11 is 0.